The molecule has 0 atom stereocenters. The molecule has 1 aromatic heterocycles. The Balaban J connectivity index is 2.20. The van der Waals surface area contributed by atoms with Gasteiger partial charge in [0.2, 0.25) is 0 Å². The van der Waals surface area contributed by atoms with Gasteiger partial charge in [0, 0.05) is 0 Å². The van der Waals surface area contributed by atoms with Crippen LogP contribution >= 0.6 is 0 Å². The Labute approximate surface area is 120 Å². The van der Waals surface area contributed by atoms with Gasteiger partial charge in [-0.15, -0.1) is 0 Å². The van der Waals surface area contributed by atoms with Crippen molar-refractivity contribution in [2.75, 3.05) is 13.2 Å². The van der Waals surface area contributed by atoms with Crippen molar-refractivity contribution in [3.05, 3.63) is 42.1 Å². The van der Waals surface area contributed by atoms with Crippen LogP contribution in [-0.4, -0.2) is 37.3 Å². The van der Waals surface area contributed by atoms with Crippen LogP contribution in [0.25, 0.3) is 5.69 Å². The van der Waals surface area contributed by atoms with Crippen molar-refractivity contribution >= 4 is 15.9 Å². The van der Waals surface area contributed by atoms with Crippen molar-refractivity contribution in [1.82, 2.24) is 9.78 Å². The van der Waals surface area contributed by atoms with Gasteiger partial charge in [0.1, 0.15) is 6.61 Å². The van der Waals surface area contributed by atoms with Gasteiger partial charge >= 0.3 is 0 Å². The summed E-state index contributed by atoms with van der Waals surface area (Å²) in [6.07, 6.45) is 1.33. The molecule has 0 spiro atoms. The standard InChI is InChI=1S/C12H12N4O4S/c13-21(17,18)12-10(11-15-20-7-6-19-11)8-14-16(12)9-4-2-1-3-5-9/h1-5,8H,6-7H2,(H2,13,17,18). The van der Waals surface area contributed by atoms with Crippen molar-refractivity contribution in [3.63, 3.8) is 0 Å². The number of primary sulfonamides is 1. The summed E-state index contributed by atoms with van der Waals surface area (Å²) >= 11 is 0. The summed E-state index contributed by atoms with van der Waals surface area (Å²) in [5, 5.41) is 12.9. The molecule has 2 heterocycles. The van der Waals surface area contributed by atoms with Crippen molar-refractivity contribution in [1.29, 1.82) is 0 Å². The summed E-state index contributed by atoms with van der Waals surface area (Å²) in [7, 11) is -4.03. The van der Waals surface area contributed by atoms with E-state index in [-0.39, 0.29) is 23.1 Å². The van der Waals surface area contributed by atoms with E-state index in [4.69, 9.17) is 14.7 Å². The van der Waals surface area contributed by atoms with E-state index in [1.165, 1.54) is 10.9 Å². The lowest BCUT2D eigenvalue weighted by molar-refractivity contribution is 0.0653. The number of hydrogen-bond acceptors (Lipinski definition) is 6. The van der Waals surface area contributed by atoms with Crippen molar-refractivity contribution in [3.8, 4) is 5.69 Å². The molecule has 21 heavy (non-hydrogen) atoms. The van der Waals surface area contributed by atoms with E-state index in [1.54, 1.807) is 24.3 Å². The first kappa shape index (κ1) is 13.6. The highest BCUT2D eigenvalue weighted by Gasteiger charge is 2.27. The number of nitrogens with zero attached hydrogens (tertiary/aromatic N) is 3. The smallest absolute Gasteiger partial charge is 0.262 e. The van der Waals surface area contributed by atoms with E-state index in [0.717, 1.165) is 0 Å². The molecule has 0 saturated heterocycles. The van der Waals surface area contributed by atoms with Crippen molar-refractivity contribution < 1.29 is 18.0 Å². The van der Waals surface area contributed by atoms with E-state index < -0.39 is 10.0 Å². The summed E-state index contributed by atoms with van der Waals surface area (Å²) in [4.78, 5) is 4.91. The zero-order chi connectivity index (χ0) is 14.9. The lowest BCUT2D eigenvalue weighted by Gasteiger charge is -2.13. The minimum absolute atomic E-state index is 0.0486. The third kappa shape index (κ3) is 2.60. The fourth-order valence-corrected chi connectivity index (χ4v) is 2.78. The van der Waals surface area contributed by atoms with E-state index in [1.807, 2.05) is 6.07 Å². The largest absolute Gasteiger partial charge is 0.471 e. The Hall–Kier alpha value is -2.39. The first-order chi connectivity index (χ1) is 10.1. The van der Waals surface area contributed by atoms with Gasteiger partial charge in [-0.25, -0.2) is 18.2 Å². The molecule has 9 heteroatoms. The molecule has 8 nitrogen and oxygen atoms in total. The molecule has 1 aromatic carbocycles. The fourth-order valence-electron chi connectivity index (χ4n) is 1.94. The topological polar surface area (TPSA) is 109 Å². The summed E-state index contributed by atoms with van der Waals surface area (Å²) in [5.74, 6) is 0.0486. The molecule has 2 aromatic rings. The highest BCUT2D eigenvalue weighted by molar-refractivity contribution is 7.89. The first-order valence-electron chi connectivity index (χ1n) is 6.07. The van der Waals surface area contributed by atoms with Crippen LogP contribution in [-0.2, 0) is 19.6 Å². The maximum atomic E-state index is 11.9. The molecule has 2 N–H and O–H groups in total. The molecule has 1 aliphatic rings. The van der Waals surface area contributed by atoms with Gasteiger partial charge in [-0.05, 0) is 17.3 Å². The average Bonchev–Trinajstić information content (AvgIpc) is 2.94. The number of hydrogen-bond donors (Lipinski definition) is 1. The number of para-hydroxylation sites is 1. The highest BCUT2D eigenvalue weighted by Crippen LogP contribution is 2.21. The Morgan fingerprint density at radius 3 is 2.57 bits per heavy atom. The second-order valence-electron chi connectivity index (χ2n) is 4.23. The highest BCUT2D eigenvalue weighted by atomic mass is 32.2. The van der Waals surface area contributed by atoms with Crippen molar-refractivity contribution in [2.24, 2.45) is 10.3 Å². The van der Waals surface area contributed by atoms with Crippen LogP contribution < -0.4 is 5.14 Å². The second kappa shape index (κ2) is 5.19. The summed E-state index contributed by atoms with van der Waals surface area (Å²) < 4.78 is 30.4. The lowest BCUT2D eigenvalue weighted by Crippen LogP contribution is -2.23. The molecule has 0 unspecified atom stereocenters. The number of benzene rings is 1. The number of oxime groups is 1. The van der Waals surface area contributed by atoms with Crippen LogP contribution in [0.15, 0.2) is 46.7 Å². The Bertz CT molecular complexity index is 783. The minimum atomic E-state index is -4.03. The van der Waals surface area contributed by atoms with Crippen LogP contribution in [0.2, 0.25) is 0 Å². The summed E-state index contributed by atoms with van der Waals surface area (Å²) in [6, 6.07) is 8.77. The summed E-state index contributed by atoms with van der Waals surface area (Å²) in [6.45, 7) is 0.584. The number of nitrogens with two attached hydrogens (primary N) is 1. The van der Waals surface area contributed by atoms with Gasteiger partial charge < -0.3 is 9.57 Å². The van der Waals surface area contributed by atoms with Gasteiger partial charge in [0.25, 0.3) is 15.9 Å². The molecular formula is C12H12N4O4S. The van der Waals surface area contributed by atoms with E-state index in [2.05, 4.69) is 10.3 Å². The average molecular weight is 308 g/mol. The Morgan fingerprint density at radius 2 is 1.95 bits per heavy atom. The van der Waals surface area contributed by atoms with Gasteiger partial charge in [0.15, 0.2) is 11.6 Å². The molecule has 0 fully saturated rings. The van der Waals surface area contributed by atoms with E-state index >= 15 is 0 Å². The zero-order valence-corrected chi connectivity index (χ0v) is 11.7. The Morgan fingerprint density at radius 1 is 1.19 bits per heavy atom. The monoisotopic (exact) mass is 308 g/mol. The molecular weight excluding hydrogens is 296 g/mol. The number of aromatic nitrogens is 2. The van der Waals surface area contributed by atoms with E-state index in [0.29, 0.717) is 12.3 Å². The number of rotatable bonds is 3. The minimum Gasteiger partial charge on any atom is -0.471 e. The first-order valence-corrected chi connectivity index (χ1v) is 7.61. The van der Waals surface area contributed by atoms with Gasteiger partial charge in [-0.2, -0.15) is 5.10 Å². The van der Waals surface area contributed by atoms with Gasteiger partial charge in [-0.3, -0.25) is 0 Å². The molecule has 0 aliphatic carbocycles. The predicted molar refractivity (Wildman–Crippen MR) is 73.4 cm³/mol. The quantitative estimate of drug-likeness (QED) is 0.873. The normalized spacial score (nSPS) is 15.0. The maximum Gasteiger partial charge on any atom is 0.262 e. The van der Waals surface area contributed by atoms with Gasteiger partial charge in [-0.1, -0.05) is 18.2 Å². The third-order valence-corrected chi connectivity index (χ3v) is 3.72. The van der Waals surface area contributed by atoms with Crippen LogP contribution in [0.3, 0.4) is 0 Å². The maximum absolute atomic E-state index is 11.9. The molecule has 1 aliphatic heterocycles. The fraction of sp³-hybridized carbons (Fsp3) is 0.167. The van der Waals surface area contributed by atoms with Crippen LogP contribution in [0.5, 0.6) is 0 Å². The Kier molecular flexibility index (Phi) is 3.35. The number of ether oxygens (including phenoxy) is 1. The predicted octanol–water partition coefficient (Wildman–Crippen LogP) is 0.228. The molecule has 0 bridgehead atoms. The lowest BCUT2D eigenvalue weighted by atomic mass is 10.3. The van der Waals surface area contributed by atoms with Crippen LogP contribution in [0, 0.1) is 0 Å². The molecule has 0 radical (unpaired) electrons. The van der Waals surface area contributed by atoms with E-state index in [9.17, 15) is 8.42 Å². The van der Waals surface area contributed by atoms with Crippen molar-refractivity contribution in [2.45, 2.75) is 5.03 Å². The summed E-state index contributed by atoms with van der Waals surface area (Å²) in [5.41, 5.74) is 0.728. The zero-order valence-electron chi connectivity index (χ0n) is 10.8. The molecule has 3 rings (SSSR count). The third-order valence-electron chi connectivity index (χ3n) is 2.79. The molecule has 0 saturated carbocycles. The molecule has 110 valence electrons. The number of sulfonamides is 1. The van der Waals surface area contributed by atoms with Crippen LogP contribution in [0.4, 0.5) is 0 Å². The van der Waals surface area contributed by atoms with Crippen LogP contribution in [0.1, 0.15) is 5.56 Å². The SMILES string of the molecule is NS(=O)(=O)c1c(C2=NOCCO2)cnn1-c1ccccc1. The second-order valence-corrected chi connectivity index (χ2v) is 5.71. The molecule has 0 amide bonds. The van der Waals surface area contributed by atoms with Gasteiger partial charge in [0.05, 0.1) is 17.4 Å².